The maximum Gasteiger partial charge on any atom is 0.488 e. The highest BCUT2D eigenvalue weighted by Crippen LogP contribution is 2.34. The first-order valence-corrected chi connectivity index (χ1v) is 11.1. The van der Waals surface area contributed by atoms with Gasteiger partial charge in [-0.05, 0) is 54.6 Å². The zero-order valence-electron chi connectivity index (χ0n) is 18.7. The molecule has 172 valence electrons. The first kappa shape index (κ1) is 21.9. The lowest BCUT2D eigenvalue weighted by Crippen LogP contribution is -2.30. The fourth-order valence-electron chi connectivity index (χ4n) is 4.35. The summed E-state index contributed by atoms with van der Waals surface area (Å²) in [5.74, 6) is 1.18. The van der Waals surface area contributed by atoms with Crippen LogP contribution in [0.5, 0.6) is 5.88 Å². The number of primary amides is 1. The highest BCUT2D eigenvalue weighted by molar-refractivity contribution is 6.58. The molecule has 0 unspecified atom stereocenters. The van der Waals surface area contributed by atoms with Gasteiger partial charge >= 0.3 is 7.12 Å². The van der Waals surface area contributed by atoms with Crippen LogP contribution in [0.4, 0.5) is 5.82 Å². The number of nitrogens with two attached hydrogens (primary N) is 1. The number of aryl methyl sites for hydroxylation is 1. The molecule has 1 aromatic carbocycles. The second-order valence-electron chi connectivity index (χ2n) is 8.32. The van der Waals surface area contributed by atoms with E-state index in [0.29, 0.717) is 47.2 Å². The van der Waals surface area contributed by atoms with Crippen LogP contribution in [0.15, 0.2) is 48.7 Å². The number of fused-ring (bicyclic) bond motifs is 2. The van der Waals surface area contributed by atoms with Crippen molar-refractivity contribution in [3.8, 4) is 17.4 Å². The lowest BCUT2D eigenvalue weighted by atomic mass is 9.79. The summed E-state index contributed by atoms with van der Waals surface area (Å²) >= 11 is 0. The van der Waals surface area contributed by atoms with E-state index < -0.39 is 13.0 Å². The van der Waals surface area contributed by atoms with E-state index in [4.69, 9.17) is 20.4 Å². The lowest BCUT2D eigenvalue weighted by Gasteiger charge is -2.20. The molecule has 0 spiro atoms. The number of carbonyl (C=O) groups excluding carboxylic acids is 1. The van der Waals surface area contributed by atoms with Crippen molar-refractivity contribution in [2.24, 2.45) is 5.73 Å². The van der Waals surface area contributed by atoms with Gasteiger partial charge in [-0.1, -0.05) is 24.3 Å². The van der Waals surface area contributed by atoms with Gasteiger partial charge in [-0.3, -0.25) is 4.79 Å². The Kier molecular flexibility index (Phi) is 5.68. The molecule has 9 nitrogen and oxygen atoms in total. The Morgan fingerprint density at radius 3 is 2.88 bits per heavy atom. The monoisotopic (exact) mass is 457 g/mol. The Bertz CT molecular complexity index is 1400. The summed E-state index contributed by atoms with van der Waals surface area (Å²) in [7, 11) is -1.53. The minimum Gasteiger partial charge on any atom is -0.477 e. The van der Waals surface area contributed by atoms with Gasteiger partial charge in [0.2, 0.25) is 5.88 Å². The maximum absolute atomic E-state index is 11.9. The summed E-state index contributed by atoms with van der Waals surface area (Å²) in [5.41, 5.74) is 10.6. The number of ether oxygens (including phenoxy) is 1. The molecule has 0 atom stereocenters. The predicted octanol–water partition coefficient (Wildman–Crippen LogP) is 1.42. The van der Waals surface area contributed by atoms with Crippen LogP contribution in [0.1, 0.15) is 33.5 Å². The van der Waals surface area contributed by atoms with E-state index in [1.54, 1.807) is 30.3 Å². The summed E-state index contributed by atoms with van der Waals surface area (Å²) in [5, 5.41) is 22.3. The molecule has 0 aliphatic carbocycles. The molecule has 0 bridgehead atoms. The van der Waals surface area contributed by atoms with Crippen molar-refractivity contribution in [3.05, 3.63) is 70.9 Å². The molecule has 34 heavy (non-hydrogen) atoms. The van der Waals surface area contributed by atoms with E-state index >= 15 is 0 Å². The van der Waals surface area contributed by atoms with Crippen molar-refractivity contribution >= 4 is 29.8 Å². The third kappa shape index (κ3) is 3.97. The molecule has 4 heterocycles. The number of hydrogen-bond donors (Lipinski definition) is 4. The van der Waals surface area contributed by atoms with Crippen molar-refractivity contribution in [1.82, 2.24) is 14.4 Å². The third-order valence-electron chi connectivity index (χ3n) is 5.97. The van der Waals surface area contributed by atoms with E-state index in [1.165, 1.54) is 0 Å². The number of hydrogen-bond acceptors (Lipinski definition) is 7. The van der Waals surface area contributed by atoms with Crippen molar-refractivity contribution in [3.63, 3.8) is 0 Å². The third-order valence-corrected chi connectivity index (χ3v) is 5.97. The summed E-state index contributed by atoms with van der Waals surface area (Å²) < 4.78 is 7.75. The van der Waals surface area contributed by atoms with Crippen LogP contribution < -0.4 is 21.3 Å². The fraction of sp³-hybridized carbons (Fsp3) is 0.208. The summed E-state index contributed by atoms with van der Waals surface area (Å²) in [4.78, 5) is 21.5. The van der Waals surface area contributed by atoms with Crippen molar-refractivity contribution in [2.45, 2.75) is 26.3 Å². The zero-order valence-corrected chi connectivity index (χ0v) is 18.7. The first-order chi connectivity index (χ1) is 16.4. The van der Waals surface area contributed by atoms with Crippen LogP contribution >= 0.6 is 0 Å². The topological polar surface area (TPSA) is 135 Å². The number of nitrogens with one attached hydrogen (secondary N) is 1. The van der Waals surface area contributed by atoms with Gasteiger partial charge < -0.3 is 30.2 Å². The van der Waals surface area contributed by atoms with Gasteiger partial charge in [-0.25, -0.2) is 4.98 Å². The number of carbonyl (C=O) groups is 1. The van der Waals surface area contributed by atoms with Crippen molar-refractivity contribution in [2.75, 3.05) is 11.9 Å². The van der Waals surface area contributed by atoms with Gasteiger partial charge in [-0.15, -0.1) is 0 Å². The van der Waals surface area contributed by atoms with E-state index in [0.717, 1.165) is 35.2 Å². The van der Waals surface area contributed by atoms with Crippen LogP contribution in [0, 0.1) is 6.92 Å². The number of benzene rings is 1. The minimum absolute atomic E-state index is 0.425. The molecule has 0 saturated carbocycles. The van der Waals surface area contributed by atoms with E-state index in [9.17, 15) is 14.8 Å². The maximum atomic E-state index is 11.9. The normalized spacial score (nSPS) is 12.8. The molecule has 1 aliphatic rings. The predicted molar refractivity (Wildman–Crippen MR) is 129 cm³/mol. The molecular formula is C24H24BN5O4. The molecule has 10 heteroatoms. The van der Waals surface area contributed by atoms with Gasteiger partial charge in [0.1, 0.15) is 5.82 Å². The Morgan fingerprint density at radius 2 is 2.09 bits per heavy atom. The number of amides is 1. The Balaban J connectivity index is 1.57. The molecule has 3 aromatic heterocycles. The summed E-state index contributed by atoms with van der Waals surface area (Å²) in [6.07, 6.45) is 3.51. The number of anilines is 1. The molecular weight excluding hydrogens is 433 g/mol. The number of aromatic nitrogens is 3. The van der Waals surface area contributed by atoms with Crippen LogP contribution in [0.3, 0.4) is 0 Å². The largest absolute Gasteiger partial charge is 0.488 e. The van der Waals surface area contributed by atoms with E-state index in [-0.39, 0.29) is 0 Å². The standard InChI is InChI=1S/C24H24BN5O4/c1-14-11-19-17(21(26)31)7-3-9-30(19)20(14)23-28-22(18-8-4-10-34-24(18)29-23)27-13-15-5-2-6-16(12-15)25(32)33/h2-3,5-7,9,11-12,32-33H,4,8,10,13H2,1H3,(H2,26,31)(H,27,28,29). The van der Waals surface area contributed by atoms with E-state index in [1.807, 2.05) is 29.7 Å². The van der Waals surface area contributed by atoms with Gasteiger partial charge in [0.25, 0.3) is 5.91 Å². The molecule has 1 aliphatic heterocycles. The quantitative estimate of drug-likeness (QED) is 0.322. The molecule has 5 N–H and O–H groups in total. The Morgan fingerprint density at radius 1 is 1.24 bits per heavy atom. The van der Waals surface area contributed by atoms with Crippen molar-refractivity contribution < 1.29 is 19.6 Å². The number of nitrogens with zero attached hydrogens (tertiary/aromatic N) is 3. The molecule has 4 aromatic rings. The zero-order chi connectivity index (χ0) is 23.8. The van der Waals surface area contributed by atoms with Crippen LogP contribution in [0.25, 0.3) is 17.0 Å². The highest BCUT2D eigenvalue weighted by Gasteiger charge is 2.23. The smallest absolute Gasteiger partial charge is 0.477 e. The highest BCUT2D eigenvalue weighted by atomic mass is 16.5. The molecule has 0 radical (unpaired) electrons. The van der Waals surface area contributed by atoms with Crippen molar-refractivity contribution in [1.29, 1.82) is 0 Å². The Labute approximate surface area is 196 Å². The SMILES string of the molecule is Cc1cc2c(C(N)=O)cccn2c1-c1nc(NCc2cccc(B(O)O)c2)c2c(n1)OCCC2. The second kappa shape index (κ2) is 8.81. The summed E-state index contributed by atoms with van der Waals surface area (Å²) in [6.45, 7) is 2.96. The molecule has 5 rings (SSSR count). The fourth-order valence-corrected chi connectivity index (χ4v) is 4.35. The summed E-state index contributed by atoms with van der Waals surface area (Å²) in [6, 6.07) is 12.4. The first-order valence-electron chi connectivity index (χ1n) is 11.1. The number of rotatable bonds is 6. The molecule has 1 amide bonds. The average Bonchev–Trinajstić information content (AvgIpc) is 3.18. The van der Waals surface area contributed by atoms with Gasteiger partial charge in [0.15, 0.2) is 5.82 Å². The van der Waals surface area contributed by atoms with Gasteiger partial charge in [0, 0.05) is 12.7 Å². The van der Waals surface area contributed by atoms with Crippen LogP contribution in [-0.2, 0) is 13.0 Å². The molecule has 0 saturated heterocycles. The van der Waals surface area contributed by atoms with Gasteiger partial charge in [0.05, 0.1) is 28.9 Å². The van der Waals surface area contributed by atoms with Gasteiger partial charge in [-0.2, -0.15) is 4.98 Å². The minimum atomic E-state index is -1.53. The van der Waals surface area contributed by atoms with Crippen LogP contribution in [-0.4, -0.2) is 44.0 Å². The Hall–Kier alpha value is -3.89. The molecule has 0 fully saturated rings. The van der Waals surface area contributed by atoms with Crippen LogP contribution in [0.2, 0.25) is 0 Å². The second-order valence-corrected chi connectivity index (χ2v) is 8.32. The average molecular weight is 457 g/mol. The van der Waals surface area contributed by atoms with E-state index in [2.05, 4.69) is 5.32 Å². The number of pyridine rings is 1. The lowest BCUT2D eigenvalue weighted by molar-refractivity contribution is 0.100.